The Morgan fingerprint density at radius 3 is 2.72 bits per heavy atom. The number of hydrogen-bond acceptors (Lipinski definition) is 2. The lowest BCUT2D eigenvalue weighted by Crippen LogP contribution is -2.14. The van der Waals surface area contributed by atoms with E-state index in [1.165, 1.54) is 0 Å². The van der Waals surface area contributed by atoms with Gasteiger partial charge in [0.05, 0.1) is 12.8 Å². The van der Waals surface area contributed by atoms with E-state index in [2.05, 4.69) is 18.8 Å². The maximum atomic E-state index is 11.9. The van der Waals surface area contributed by atoms with Crippen LogP contribution in [-0.2, 0) is 6.42 Å². The van der Waals surface area contributed by atoms with Crippen LogP contribution in [0.2, 0.25) is 0 Å². The second-order valence-electron chi connectivity index (χ2n) is 4.72. The number of nitrogens with zero attached hydrogens (tertiary/aromatic N) is 1. The minimum atomic E-state index is -0.129. The summed E-state index contributed by atoms with van der Waals surface area (Å²) >= 11 is 0. The Bertz CT molecular complexity index is 581. The first-order valence-electron chi connectivity index (χ1n) is 6.05. The summed E-state index contributed by atoms with van der Waals surface area (Å²) in [7, 11) is 1.60. The number of nitrogens with one attached hydrogen (secondary N) is 1. The normalized spacial score (nSPS) is 10.9. The molecule has 0 aliphatic rings. The van der Waals surface area contributed by atoms with Crippen molar-refractivity contribution >= 4 is 0 Å². The molecule has 1 N–H and O–H groups in total. The zero-order valence-corrected chi connectivity index (χ0v) is 10.9. The van der Waals surface area contributed by atoms with Gasteiger partial charge >= 0.3 is 5.69 Å². The minimum Gasteiger partial charge on any atom is -0.495 e. The zero-order valence-electron chi connectivity index (χ0n) is 10.9. The van der Waals surface area contributed by atoms with E-state index < -0.39 is 0 Å². The summed E-state index contributed by atoms with van der Waals surface area (Å²) in [6.07, 6.45) is 2.71. The first-order chi connectivity index (χ1) is 8.61. The van der Waals surface area contributed by atoms with Crippen LogP contribution < -0.4 is 10.4 Å². The fourth-order valence-corrected chi connectivity index (χ4v) is 2.00. The Balaban J connectivity index is 2.44. The van der Waals surface area contributed by atoms with Crippen LogP contribution in [-0.4, -0.2) is 16.7 Å². The van der Waals surface area contributed by atoms with Crippen molar-refractivity contribution in [1.82, 2.24) is 9.55 Å². The summed E-state index contributed by atoms with van der Waals surface area (Å²) in [6.45, 7) is 4.25. The van der Waals surface area contributed by atoms with Crippen LogP contribution >= 0.6 is 0 Å². The molecule has 18 heavy (non-hydrogen) atoms. The van der Waals surface area contributed by atoms with Crippen molar-refractivity contribution in [3.63, 3.8) is 0 Å². The van der Waals surface area contributed by atoms with Crippen molar-refractivity contribution in [2.24, 2.45) is 5.92 Å². The van der Waals surface area contributed by atoms with Crippen molar-refractivity contribution in [3.05, 3.63) is 46.6 Å². The molecule has 0 atom stereocenters. The molecule has 1 aromatic heterocycles. The minimum absolute atomic E-state index is 0.129. The van der Waals surface area contributed by atoms with Crippen LogP contribution in [0.5, 0.6) is 5.75 Å². The second kappa shape index (κ2) is 5.12. The average Bonchev–Trinajstić information content (AvgIpc) is 2.69. The summed E-state index contributed by atoms with van der Waals surface area (Å²) in [4.78, 5) is 14.8. The highest BCUT2D eigenvalue weighted by atomic mass is 16.5. The number of aromatic amines is 1. The Morgan fingerprint density at radius 1 is 1.33 bits per heavy atom. The van der Waals surface area contributed by atoms with E-state index in [9.17, 15) is 4.79 Å². The summed E-state index contributed by atoms with van der Waals surface area (Å²) in [5.41, 5.74) is 1.58. The molecule has 0 amide bonds. The van der Waals surface area contributed by atoms with Crippen molar-refractivity contribution in [3.8, 4) is 11.4 Å². The van der Waals surface area contributed by atoms with Gasteiger partial charge in [-0.25, -0.2) is 4.79 Å². The van der Waals surface area contributed by atoms with E-state index in [4.69, 9.17) is 4.74 Å². The van der Waals surface area contributed by atoms with Gasteiger partial charge in [0.1, 0.15) is 5.75 Å². The van der Waals surface area contributed by atoms with Crippen LogP contribution in [0, 0.1) is 5.92 Å². The van der Waals surface area contributed by atoms with Gasteiger partial charge in [-0.05, 0) is 24.5 Å². The third-order valence-corrected chi connectivity index (χ3v) is 2.74. The van der Waals surface area contributed by atoms with Gasteiger partial charge in [0.25, 0.3) is 0 Å². The molecule has 0 saturated heterocycles. The molecule has 1 heterocycles. The molecule has 1 aromatic carbocycles. The van der Waals surface area contributed by atoms with E-state index in [1.54, 1.807) is 11.7 Å². The maximum absolute atomic E-state index is 11.9. The summed E-state index contributed by atoms with van der Waals surface area (Å²) in [6, 6.07) is 7.48. The lowest BCUT2D eigenvalue weighted by atomic mass is 10.1. The van der Waals surface area contributed by atoms with Crippen LogP contribution in [0.15, 0.2) is 35.3 Å². The molecule has 4 heteroatoms. The zero-order chi connectivity index (χ0) is 13.1. The van der Waals surface area contributed by atoms with E-state index in [0.717, 1.165) is 17.8 Å². The van der Waals surface area contributed by atoms with Gasteiger partial charge in [0.15, 0.2) is 0 Å². The van der Waals surface area contributed by atoms with Crippen molar-refractivity contribution in [2.75, 3.05) is 7.11 Å². The molecular weight excluding hydrogens is 228 g/mol. The van der Waals surface area contributed by atoms with Crippen LogP contribution in [0.1, 0.15) is 19.5 Å². The number of ether oxygens (including phenoxy) is 1. The van der Waals surface area contributed by atoms with E-state index in [0.29, 0.717) is 11.7 Å². The molecule has 0 radical (unpaired) electrons. The van der Waals surface area contributed by atoms with Gasteiger partial charge in [-0.3, -0.25) is 4.57 Å². The van der Waals surface area contributed by atoms with Crippen molar-refractivity contribution in [2.45, 2.75) is 20.3 Å². The third kappa shape index (κ3) is 2.47. The number of aromatic nitrogens is 2. The van der Waals surface area contributed by atoms with Crippen molar-refractivity contribution < 1.29 is 4.74 Å². The number of rotatable bonds is 4. The van der Waals surface area contributed by atoms with Gasteiger partial charge in [0.2, 0.25) is 0 Å². The Kier molecular flexibility index (Phi) is 3.55. The SMILES string of the molecule is COc1ccccc1-n1cc(CC(C)C)[nH]c1=O. The summed E-state index contributed by atoms with van der Waals surface area (Å²) in [5.74, 6) is 1.20. The number of imidazole rings is 1. The third-order valence-electron chi connectivity index (χ3n) is 2.74. The first kappa shape index (κ1) is 12.5. The van der Waals surface area contributed by atoms with Crippen LogP contribution in [0.4, 0.5) is 0 Å². The highest BCUT2D eigenvalue weighted by molar-refractivity contribution is 5.46. The molecule has 0 aliphatic carbocycles. The topological polar surface area (TPSA) is 47.0 Å². The summed E-state index contributed by atoms with van der Waals surface area (Å²) in [5, 5.41) is 0. The van der Waals surface area contributed by atoms with Gasteiger partial charge < -0.3 is 9.72 Å². The Hall–Kier alpha value is -1.97. The fourth-order valence-electron chi connectivity index (χ4n) is 2.00. The number of H-pyrrole nitrogens is 1. The highest BCUT2D eigenvalue weighted by Crippen LogP contribution is 2.20. The molecular formula is C14H18N2O2. The maximum Gasteiger partial charge on any atom is 0.330 e. The second-order valence-corrected chi connectivity index (χ2v) is 4.72. The average molecular weight is 246 g/mol. The largest absolute Gasteiger partial charge is 0.495 e. The molecule has 0 aliphatic heterocycles. The van der Waals surface area contributed by atoms with Crippen LogP contribution in [0.3, 0.4) is 0 Å². The molecule has 0 spiro atoms. The van der Waals surface area contributed by atoms with Gasteiger partial charge in [0, 0.05) is 11.9 Å². The molecule has 2 rings (SSSR count). The highest BCUT2D eigenvalue weighted by Gasteiger charge is 2.10. The van der Waals surface area contributed by atoms with Crippen molar-refractivity contribution in [1.29, 1.82) is 0 Å². The van der Waals surface area contributed by atoms with Gasteiger partial charge in [-0.2, -0.15) is 0 Å². The predicted molar refractivity (Wildman–Crippen MR) is 71.5 cm³/mol. The lowest BCUT2D eigenvalue weighted by molar-refractivity contribution is 0.412. The number of hydrogen-bond donors (Lipinski definition) is 1. The first-order valence-corrected chi connectivity index (χ1v) is 6.05. The van der Waals surface area contributed by atoms with Crippen LogP contribution in [0.25, 0.3) is 5.69 Å². The smallest absolute Gasteiger partial charge is 0.330 e. The summed E-state index contributed by atoms with van der Waals surface area (Å²) < 4.78 is 6.87. The molecule has 96 valence electrons. The Morgan fingerprint density at radius 2 is 2.06 bits per heavy atom. The standard InChI is InChI=1S/C14H18N2O2/c1-10(2)8-11-9-16(14(17)15-11)12-6-4-5-7-13(12)18-3/h4-7,9-10H,8H2,1-3H3,(H,15,17). The lowest BCUT2D eigenvalue weighted by Gasteiger charge is -2.07. The number of para-hydroxylation sites is 2. The molecule has 0 saturated carbocycles. The van der Waals surface area contributed by atoms with Gasteiger partial charge in [-0.15, -0.1) is 0 Å². The monoisotopic (exact) mass is 246 g/mol. The molecule has 0 fully saturated rings. The fraction of sp³-hybridized carbons (Fsp3) is 0.357. The van der Waals surface area contributed by atoms with E-state index >= 15 is 0 Å². The van der Waals surface area contributed by atoms with Gasteiger partial charge in [-0.1, -0.05) is 26.0 Å². The number of methoxy groups -OCH3 is 1. The molecule has 2 aromatic rings. The molecule has 0 bridgehead atoms. The molecule has 0 unspecified atom stereocenters. The quantitative estimate of drug-likeness (QED) is 0.900. The number of benzene rings is 1. The van der Waals surface area contributed by atoms with E-state index in [1.807, 2.05) is 30.5 Å². The predicted octanol–water partition coefficient (Wildman–Crippen LogP) is 2.37. The molecule has 4 nitrogen and oxygen atoms in total. The Labute approximate surface area is 106 Å². The van der Waals surface area contributed by atoms with E-state index in [-0.39, 0.29) is 5.69 Å².